The Morgan fingerprint density at radius 3 is 2.76 bits per heavy atom. The van der Waals surface area contributed by atoms with Crippen molar-refractivity contribution < 1.29 is 14.0 Å². The molecule has 0 saturated carbocycles. The van der Waals surface area contributed by atoms with Crippen LogP contribution in [0.4, 0.5) is 11.4 Å². The van der Waals surface area contributed by atoms with Crippen LogP contribution >= 0.6 is 23.4 Å². The first-order chi connectivity index (χ1) is 14.1. The smallest absolute Gasteiger partial charge is 0.291 e. The molecule has 2 heterocycles. The van der Waals surface area contributed by atoms with E-state index in [9.17, 15) is 9.59 Å². The second-order valence-electron chi connectivity index (χ2n) is 6.64. The number of anilines is 2. The van der Waals surface area contributed by atoms with Crippen molar-refractivity contribution in [2.45, 2.75) is 23.5 Å². The highest BCUT2D eigenvalue weighted by molar-refractivity contribution is 7.98. The van der Waals surface area contributed by atoms with Crippen molar-refractivity contribution in [1.29, 1.82) is 0 Å². The molecular formula is C22H19ClN2O3S. The lowest BCUT2D eigenvalue weighted by Gasteiger charge is -2.17. The summed E-state index contributed by atoms with van der Waals surface area (Å²) in [6.45, 7) is 0.674. The summed E-state index contributed by atoms with van der Waals surface area (Å²) >= 11 is 7.90. The van der Waals surface area contributed by atoms with E-state index in [1.807, 2.05) is 30.3 Å². The highest BCUT2D eigenvalue weighted by Gasteiger charge is 2.23. The summed E-state index contributed by atoms with van der Waals surface area (Å²) in [4.78, 5) is 27.6. The van der Waals surface area contributed by atoms with Gasteiger partial charge in [-0.25, -0.2) is 0 Å². The van der Waals surface area contributed by atoms with Crippen LogP contribution in [0.25, 0.3) is 0 Å². The summed E-state index contributed by atoms with van der Waals surface area (Å²) in [5.74, 6) is 0.577. The van der Waals surface area contributed by atoms with E-state index >= 15 is 0 Å². The number of hydrogen-bond donors (Lipinski definition) is 1. The minimum Gasteiger partial charge on any atom is -0.459 e. The molecule has 1 N–H and O–H groups in total. The van der Waals surface area contributed by atoms with Crippen molar-refractivity contribution >= 4 is 46.6 Å². The molecule has 0 bridgehead atoms. The largest absolute Gasteiger partial charge is 0.459 e. The number of amides is 2. The number of nitrogens with one attached hydrogen (secondary N) is 1. The van der Waals surface area contributed by atoms with E-state index in [1.54, 1.807) is 40.9 Å². The number of benzene rings is 2. The van der Waals surface area contributed by atoms with Crippen LogP contribution in [0.15, 0.2) is 70.2 Å². The van der Waals surface area contributed by atoms with Crippen molar-refractivity contribution in [3.63, 3.8) is 0 Å². The quantitative estimate of drug-likeness (QED) is 0.521. The zero-order valence-electron chi connectivity index (χ0n) is 15.6. The predicted molar refractivity (Wildman–Crippen MR) is 116 cm³/mol. The van der Waals surface area contributed by atoms with E-state index in [4.69, 9.17) is 16.0 Å². The zero-order chi connectivity index (χ0) is 20.2. The van der Waals surface area contributed by atoms with Gasteiger partial charge < -0.3 is 14.6 Å². The maximum absolute atomic E-state index is 12.8. The van der Waals surface area contributed by atoms with Crippen LogP contribution in [0, 0.1) is 0 Å². The number of nitrogens with zero attached hydrogens (tertiary/aromatic N) is 1. The highest BCUT2D eigenvalue weighted by atomic mass is 35.5. The Morgan fingerprint density at radius 1 is 1.17 bits per heavy atom. The minimum atomic E-state index is -0.370. The second-order valence-corrected chi connectivity index (χ2v) is 8.10. The fourth-order valence-corrected chi connectivity index (χ4v) is 4.27. The average Bonchev–Trinajstić information content (AvgIpc) is 3.38. The number of rotatable bonds is 6. The van der Waals surface area contributed by atoms with Gasteiger partial charge in [-0.15, -0.1) is 11.8 Å². The van der Waals surface area contributed by atoms with Crippen LogP contribution in [0.3, 0.4) is 0 Å². The van der Waals surface area contributed by atoms with E-state index in [0.717, 1.165) is 22.6 Å². The Hall–Kier alpha value is -2.70. The van der Waals surface area contributed by atoms with Gasteiger partial charge in [0.1, 0.15) is 0 Å². The molecule has 148 valence electrons. The molecule has 1 fully saturated rings. The molecule has 0 aliphatic carbocycles. The van der Waals surface area contributed by atoms with Gasteiger partial charge in [0, 0.05) is 34.9 Å². The van der Waals surface area contributed by atoms with Crippen molar-refractivity contribution in [3.8, 4) is 0 Å². The summed E-state index contributed by atoms with van der Waals surface area (Å²) in [7, 11) is 0. The molecule has 2 amide bonds. The van der Waals surface area contributed by atoms with Gasteiger partial charge in [0.05, 0.1) is 17.0 Å². The Balaban J connectivity index is 1.49. The SMILES string of the molecule is O=C(Nc1cc(N2CCCC2=O)ccc1Cl)c1occc1CSc1ccccc1. The topological polar surface area (TPSA) is 62.6 Å². The lowest BCUT2D eigenvalue weighted by molar-refractivity contribution is -0.117. The maximum Gasteiger partial charge on any atom is 0.291 e. The fraction of sp³-hybridized carbons (Fsp3) is 0.182. The molecular weight excluding hydrogens is 408 g/mol. The van der Waals surface area contributed by atoms with Crippen LogP contribution in [0.1, 0.15) is 29.0 Å². The van der Waals surface area contributed by atoms with E-state index in [-0.39, 0.29) is 17.6 Å². The van der Waals surface area contributed by atoms with Gasteiger partial charge in [-0.3, -0.25) is 9.59 Å². The van der Waals surface area contributed by atoms with Gasteiger partial charge in [-0.1, -0.05) is 29.8 Å². The van der Waals surface area contributed by atoms with Crippen molar-refractivity contribution in [2.24, 2.45) is 0 Å². The number of halogens is 1. The Morgan fingerprint density at radius 2 is 2.00 bits per heavy atom. The first-order valence-electron chi connectivity index (χ1n) is 9.27. The molecule has 29 heavy (non-hydrogen) atoms. The molecule has 7 heteroatoms. The van der Waals surface area contributed by atoms with E-state index in [1.165, 1.54) is 6.26 Å². The Labute approximate surface area is 178 Å². The van der Waals surface area contributed by atoms with Gasteiger partial charge in [-0.2, -0.15) is 0 Å². The van der Waals surface area contributed by atoms with E-state index in [2.05, 4.69) is 5.32 Å². The molecule has 0 radical (unpaired) electrons. The first kappa shape index (κ1) is 19.6. The van der Waals surface area contributed by atoms with Crippen LogP contribution in [0.5, 0.6) is 0 Å². The average molecular weight is 427 g/mol. The van der Waals surface area contributed by atoms with Crippen LogP contribution in [-0.4, -0.2) is 18.4 Å². The predicted octanol–water partition coefficient (Wildman–Crippen LogP) is 5.60. The summed E-state index contributed by atoms with van der Waals surface area (Å²) in [5, 5.41) is 3.22. The van der Waals surface area contributed by atoms with E-state index < -0.39 is 0 Å². The van der Waals surface area contributed by atoms with Crippen molar-refractivity contribution in [3.05, 3.63) is 77.2 Å². The molecule has 3 aromatic rings. The standard InChI is InChI=1S/C22H19ClN2O3S/c23-18-9-8-16(25-11-4-7-20(25)26)13-19(18)24-22(27)21-15(10-12-28-21)14-29-17-5-2-1-3-6-17/h1-3,5-6,8-10,12-13H,4,7,11,14H2,(H,24,27). The van der Waals surface area contributed by atoms with Gasteiger partial charge in [0.2, 0.25) is 5.91 Å². The summed E-state index contributed by atoms with van der Waals surface area (Å²) in [6, 6.07) is 17.0. The lowest BCUT2D eigenvalue weighted by Crippen LogP contribution is -2.23. The van der Waals surface area contributed by atoms with Crippen LogP contribution in [-0.2, 0) is 10.5 Å². The lowest BCUT2D eigenvalue weighted by atomic mass is 10.2. The van der Waals surface area contributed by atoms with Gasteiger partial charge in [0.15, 0.2) is 5.76 Å². The first-order valence-corrected chi connectivity index (χ1v) is 10.6. The monoisotopic (exact) mass is 426 g/mol. The maximum atomic E-state index is 12.8. The summed E-state index contributed by atoms with van der Waals surface area (Å²) < 4.78 is 5.44. The second kappa shape index (κ2) is 8.76. The Kier molecular flexibility index (Phi) is 5.92. The van der Waals surface area contributed by atoms with E-state index in [0.29, 0.717) is 29.4 Å². The third kappa shape index (κ3) is 4.49. The molecule has 0 spiro atoms. The van der Waals surface area contributed by atoms with Crippen molar-refractivity contribution in [1.82, 2.24) is 0 Å². The van der Waals surface area contributed by atoms with Gasteiger partial charge in [0.25, 0.3) is 5.91 Å². The fourth-order valence-electron chi connectivity index (χ4n) is 3.20. The molecule has 1 aliphatic heterocycles. The number of furan rings is 1. The van der Waals surface area contributed by atoms with Gasteiger partial charge in [-0.05, 0) is 42.8 Å². The molecule has 1 saturated heterocycles. The zero-order valence-corrected chi connectivity index (χ0v) is 17.1. The number of carbonyl (C=O) groups is 2. The minimum absolute atomic E-state index is 0.0795. The summed E-state index contributed by atoms with van der Waals surface area (Å²) in [6.07, 6.45) is 2.88. The molecule has 4 rings (SSSR count). The molecule has 1 aromatic heterocycles. The normalized spacial score (nSPS) is 13.7. The molecule has 5 nitrogen and oxygen atoms in total. The molecule has 2 aromatic carbocycles. The van der Waals surface area contributed by atoms with Crippen LogP contribution < -0.4 is 10.2 Å². The molecule has 1 aliphatic rings. The van der Waals surface area contributed by atoms with Crippen LogP contribution in [0.2, 0.25) is 5.02 Å². The third-order valence-electron chi connectivity index (χ3n) is 4.67. The summed E-state index contributed by atoms with van der Waals surface area (Å²) in [5.41, 5.74) is 1.98. The van der Waals surface area contributed by atoms with Gasteiger partial charge >= 0.3 is 0 Å². The molecule has 0 atom stereocenters. The highest BCUT2D eigenvalue weighted by Crippen LogP contribution is 2.31. The Bertz CT molecular complexity index is 1040. The number of hydrogen-bond acceptors (Lipinski definition) is 4. The third-order valence-corrected chi connectivity index (χ3v) is 6.06. The van der Waals surface area contributed by atoms with Crippen molar-refractivity contribution in [2.75, 3.05) is 16.8 Å². The molecule has 0 unspecified atom stereocenters. The number of thioether (sulfide) groups is 1. The number of carbonyl (C=O) groups excluding carboxylic acids is 2.